The number of nitrogens with one attached hydrogen (secondary N) is 1. The molecule has 4 aromatic carbocycles. The predicted molar refractivity (Wildman–Crippen MR) is 190 cm³/mol. The highest BCUT2D eigenvalue weighted by molar-refractivity contribution is 6.03. The molecule has 2 aliphatic heterocycles. The molecule has 7 rings (SSSR count). The summed E-state index contributed by atoms with van der Waals surface area (Å²) in [7, 11) is 4.17. The molecule has 0 saturated carbocycles. The van der Waals surface area contributed by atoms with E-state index in [1.54, 1.807) is 0 Å². The van der Waals surface area contributed by atoms with E-state index in [4.69, 9.17) is 10.3 Å². The van der Waals surface area contributed by atoms with Gasteiger partial charge in [-0.05, 0) is 67.4 Å². The standard InChI is InChI=1S/C40H39N5O2/c1-43(30-12-5-3-6-13-30)32-17-19-35-37(25-32)47-38-26-33(44(2)31-14-7-4-8-15-31)18-20-36(38)39(35)34-16-10-9-11-29(34)27-45-23-21-28(22-24-45)40(46)42-41/h3-20,25-26,28H,21-24,27,41H2,1-2H3/p+1. The van der Waals surface area contributed by atoms with Crippen molar-refractivity contribution in [3.8, 4) is 22.5 Å². The van der Waals surface area contributed by atoms with E-state index in [-0.39, 0.29) is 11.8 Å². The second-order valence-electron chi connectivity index (χ2n) is 12.3. The van der Waals surface area contributed by atoms with E-state index >= 15 is 0 Å². The summed E-state index contributed by atoms with van der Waals surface area (Å²) in [5.41, 5.74) is 11.1. The molecule has 0 bridgehead atoms. The first kappa shape index (κ1) is 30.4. The molecule has 2 heterocycles. The summed E-state index contributed by atoms with van der Waals surface area (Å²) in [5.74, 6) is 6.16. The van der Waals surface area contributed by atoms with Crippen LogP contribution in [0.4, 0.5) is 17.1 Å². The van der Waals surface area contributed by atoms with Gasteiger partial charge in [-0.3, -0.25) is 15.1 Å². The molecule has 1 fully saturated rings. The van der Waals surface area contributed by atoms with E-state index < -0.39 is 0 Å². The third-order valence-corrected chi connectivity index (χ3v) is 9.53. The summed E-state index contributed by atoms with van der Waals surface area (Å²) < 4.78 is 8.97. The number of rotatable bonds is 7. The summed E-state index contributed by atoms with van der Waals surface area (Å²) in [6.45, 7) is 2.50. The molecule has 0 spiro atoms. The number of hydrogen-bond donors (Lipinski definition) is 2. The Morgan fingerprint density at radius 1 is 0.851 bits per heavy atom. The molecule has 1 saturated heterocycles. The van der Waals surface area contributed by atoms with Crippen LogP contribution in [-0.4, -0.2) is 38.0 Å². The first-order chi connectivity index (χ1) is 23.0. The Morgan fingerprint density at radius 3 is 2.30 bits per heavy atom. The molecule has 1 aliphatic carbocycles. The van der Waals surface area contributed by atoms with Crippen molar-refractivity contribution >= 4 is 33.9 Å². The Kier molecular flexibility index (Phi) is 8.57. The molecule has 47 heavy (non-hydrogen) atoms. The molecule has 0 unspecified atom stereocenters. The molecule has 0 radical (unpaired) electrons. The molecule has 7 heteroatoms. The second kappa shape index (κ2) is 13.2. The van der Waals surface area contributed by atoms with E-state index in [0.717, 1.165) is 82.8 Å². The highest BCUT2D eigenvalue weighted by Gasteiger charge is 2.26. The highest BCUT2D eigenvalue weighted by Crippen LogP contribution is 2.42. The summed E-state index contributed by atoms with van der Waals surface area (Å²) in [4.78, 5) is 16.8. The minimum absolute atomic E-state index is 0.0263. The first-order valence-electron chi connectivity index (χ1n) is 16.2. The van der Waals surface area contributed by atoms with E-state index in [1.807, 2.05) is 12.1 Å². The number of hydrazine groups is 1. The number of likely N-dealkylation sites (tertiary alicyclic amines) is 1. The van der Waals surface area contributed by atoms with E-state index in [1.165, 1.54) is 11.1 Å². The number of fused-ring (bicyclic) bond motifs is 2. The van der Waals surface area contributed by atoms with Gasteiger partial charge in [-0.25, -0.2) is 5.84 Å². The van der Waals surface area contributed by atoms with Gasteiger partial charge in [0.2, 0.25) is 17.0 Å². The lowest BCUT2D eigenvalue weighted by atomic mass is 9.90. The van der Waals surface area contributed by atoms with Crippen molar-refractivity contribution in [1.82, 2.24) is 14.9 Å². The molecule has 236 valence electrons. The lowest BCUT2D eigenvalue weighted by Crippen LogP contribution is -2.42. The normalized spacial score (nSPS) is 14.7. The van der Waals surface area contributed by atoms with Gasteiger partial charge in [0.15, 0.2) is 0 Å². The number of carbonyl (C=O) groups excluding carboxylic acids is 1. The van der Waals surface area contributed by atoms with Crippen LogP contribution in [0.5, 0.6) is 0 Å². The Bertz CT molecular complexity index is 2060. The van der Waals surface area contributed by atoms with Crippen LogP contribution in [0, 0.1) is 5.92 Å². The number of benzene rings is 5. The maximum Gasteiger partial charge on any atom is 0.237 e. The van der Waals surface area contributed by atoms with E-state index in [2.05, 4.69) is 143 Å². The molecule has 0 atom stereocenters. The van der Waals surface area contributed by atoms with Gasteiger partial charge in [0.1, 0.15) is 18.4 Å². The summed E-state index contributed by atoms with van der Waals surface area (Å²) in [6, 6.07) is 42.5. The molecule has 3 aliphatic rings. The number of carbonyl (C=O) groups is 1. The maximum absolute atomic E-state index is 12.1. The molecule has 0 aromatic heterocycles. The molecule has 3 N–H and O–H groups in total. The SMILES string of the molecule is CN(c1ccccc1)c1ccc2c(-c3ccccc3CN3CCC(C(=O)NN)CC3)c3ccc(=[N+](C)c4ccccc4)cc-3oc2c1. The second-order valence-corrected chi connectivity index (χ2v) is 12.3. The van der Waals surface area contributed by atoms with Gasteiger partial charge in [0.05, 0.1) is 6.07 Å². The minimum atomic E-state index is -0.0643. The van der Waals surface area contributed by atoms with Crippen molar-refractivity contribution in [1.29, 1.82) is 0 Å². The van der Waals surface area contributed by atoms with Crippen molar-refractivity contribution in [2.75, 3.05) is 32.1 Å². The predicted octanol–water partition coefficient (Wildman–Crippen LogP) is 6.91. The summed E-state index contributed by atoms with van der Waals surface area (Å²) in [6.07, 6.45) is 1.60. The fraction of sp³-hybridized carbons (Fsp3) is 0.200. The molecular formula is C40H40N5O2+. The van der Waals surface area contributed by atoms with Gasteiger partial charge in [-0.1, -0.05) is 60.7 Å². The Balaban J connectivity index is 1.37. The smallest absolute Gasteiger partial charge is 0.237 e. The van der Waals surface area contributed by atoms with Crippen molar-refractivity contribution < 1.29 is 9.21 Å². The van der Waals surface area contributed by atoms with Crippen molar-refractivity contribution in [3.63, 3.8) is 0 Å². The number of para-hydroxylation sites is 2. The Labute approximate surface area is 275 Å². The third kappa shape index (κ3) is 6.15. The van der Waals surface area contributed by atoms with E-state index in [0.29, 0.717) is 0 Å². The number of amides is 1. The zero-order chi connectivity index (χ0) is 32.3. The first-order valence-corrected chi connectivity index (χ1v) is 16.2. The van der Waals surface area contributed by atoms with Crippen LogP contribution in [0.15, 0.2) is 126 Å². The monoisotopic (exact) mass is 622 g/mol. The van der Waals surface area contributed by atoms with Crippen molar-refractivity contribution in [2.45, 2.75) is 19.4 Å². The van der Waals surface area contributed by atoms with Gasteiger partial charge < -0.3 is 9.32 Å². The summed E-state index contributed by atoms with van der Waals surface area (Å²) >= 11 is 0. The topological polar surface area (TPSA) is 77.8 Å². The number of nitrogens with two attached hydrogens (primary N) is 1. The molecule has 4 aromatic rings. The van der Waals surface area contributed by atoms with Gasteiger partial charge in [0, 0.05) is 71.7 Å². The average Bonchev–Trinajstić information content (AvgIpc) is 3.13. The van der Waals surface area contributed by atoms with Crippen molar-refractivity contribution in [2.24, 2.45) is 11.8 Å². The van der Waals surface area contributed by atoms with E-state index in [9.17, 15) is 4.79 Å². The number of hydrogen-bond acceptors (Lipinski definition) is 5. The van der Waals surface area contributed by atoms with Gasteiger partial charge >= 0.3 is 0 Å². The Hall–Kier alpha value is -5.24. The fourth-order valence-corrected chi connectivity index (χ4v) is 6.79. The van der Waals surface area contributed by atoms with Crippen LogP contribution >= 0.6 is 0 Å². The van der Waals surface area contributed by atoms with Gasteiger partial charge in [-0.15, -0.1) is 0 Å². The van der Waals surface area contributed by atoms with Gasteiger partial charge in [0.25, 0.3) is 0 Å². The lowest BCUT2D eigenvalue weighted by Gasteiger charge is -2.31. The fourth-order valence-electron chi connectivity index (χ4n) is 6.79. The van der Waals surface area contributed by atoms with Crippen LogP contribution in [0.2, 0.25) is 0 Å². The zero-order valence-electron chi connectivity index (χ0n) is 26.9. The number of nitrogens with zero attached hydrogens (tertiary/aromatic N) is 3. The zero-order valence-corrected chi connectivity index (χ0v) is 26.9. The lowest BCUT2D eigenvalue weighted by molar-refractivity contribution is -0.126. The molecular weight excluding hydrogens is 582 g/mol. The number of piperidine rings is 1. The largest absolute Gasteiger partial charge is 0.456 e. The van der Waals surface area contributed by atoms with Crippen molar-refractivity contribution in [3.05, 3.63) is 132 Å². The quantitative estimate of drug-likeness (QED) is 0.0666. The van der Waals surface area contributed by atoms with Crippen LogP contribution in [0.3, 0.4) is 0 Å². The average molecular weight is 623 g/mol. The minimum Gasteiger partial charge on any atom is -0.456 e. The van der Waals surface area contributed by atoms with Crippen LogP contribution in [0.25, 0.3) is 33.4 Å². The van der Waals surface area contributed by atoms with Crippen LogP contribution in [0.1, 0.15) is 18.4 Å². The van der Waals surface area contributed by atoms with Crippen LogP contribution < -0.4 is 26.1 Å². The molecule has 7 nitrogen and oxygen atoms in total. The maximum atomic E-state index is 12.1. The Morgan fingerprint density at radius 2 is 1.55 bits per heavy atom. The van der Waals surface area contributed by atoms with Gasteiger partial charge in [-0.2, -0.15) is 4.58 Å². The number of anilines is 2. The van der Waals surface area contributed by atoms with Crippen LogP contribution in [-0.2, 0) is 11.3 Å². The molecule has 1 amide bonds. The highest BCUT2D eigenvalue weighted by atomic mass is 16.3. The summed E-state index contributed by atoms with van der Waals surface area (Å²) in [5, 5.41) is 2.12. The third-order valence-electron chi connectivity index (χ3n) is 9.53.